The van der Waals surface area contributed by atoms with E-state index in [2.05, 4.69) is 51.8 Å². The molecular weight excluding hydrogens is 328 g/mol. The quantitative estimate of drug-likeness (QED) is 0.653. The molecule has 0 saturated carbocycles. The molecule has 1 aromatic heterocycles. The van der Waals surface area contributed by atoms with Crippen LogP contribution >= 0.6 is 11.3 Å². The van der Waals surface area contributed by atoms with Gasteiger partial charge in [0.1, 0.15) is 0 Å². The number of guanidine groups is 1. The fourth-order valence-corrected chi connectivity index (χ4v) is 4.72. The van der Waals surface area contributed by atoms with Crippen molar-refractivity contribution in [1.29, 1.82) is 0 Å². The van der Waals surface area contributed by atoms with E-state index in [0.717, 1.165) is 31.7 Å². The van der Waals surface area contributed by atoms with E-state index >= 15 is 0 Å². The van der Waals surface area contributed by atoms with Crippen LogP contribution in [0.3, 0.4) is 0 Å². The monoisotopic (exact) mass is 354 g/mol. The summed E-state index contributed by atoms with van der Waals surface area (Å²) >= 11 is 1.88. The SMILES string of the molecule is CC(CN=C(N)Nc1ccc2c(c1)CCC2)N1CCc2sccc2C1. The summed E-state index contributed by atoms with van der Waals surface area (Å²) < 4.78 is 0. The highest BCUT2D eigenvalue weighted by Crippen LogP contribution is 2.26. The molecule has 0 bridgehead atoms. The minimum atomic E-state index is 0.397. The molecule has 0 radical (unpaired) electrons. The molecular formula is C20H26N4S. The number of hydrogen-bond acceptors (Lipinski definition) is 3. The average Bonchev–Trinajstić information content (AvgIpc) is 3.27. The third-order valence-electron chi connectivity index (χ3n) is 5.36. The molecule has 1 aliphatic carbocycles. The van der Waals surface area contributed by atoms with Crippen molar-refractivity contribution in [3.63, 3.8) is 0 Å². The zero-order valence-corrected chi connectivity index (χ0v) is 15.6. The first-order valence-corrected chi connectivity index (χ1v) is 10.0. The Morgan fingerprint density at radius 2 is 2.12 bits per heavy atom. The summed E-state index contributed by atoms with van der Waals surface area (Å²) in [5, 5.41) is 5.46. The van der Waals surface area contributed by atoms with E-state index in [-0.39, 0.29) is 0 Å². The number of rotatable bonds is 4. The second-order valence-electron chi connectivity index (χ2n) is 7.13. The second-order valence-corrected chi connectivity index (χ2v) is 8.13. The molecule has 5 heteroatoms. The number of nitrogens with zero attached hydrogens (tertiary/aromatic N) is 2. The molecule has 1 atom stereocenters. The normalized spacial score (nSPS) is 18.7. The summed E-state index contributed by atoms with van der Waals surface area (Å²) in [6.45, 7) is 5.11. The molecule has 2 heterocycles. The molecule has 1 aliphatic heterocycles. The zero-order chi connectivity index (χ0) is 17.2. The maximum absolute atomic E-state index is 6.11. The van der Waals surface area contributed by atoms with Crippen LogP contribution < -0.4 is 11.1 Å². The summed E-state index contributed by atoms with van der Waals surface area (Å²) in [6.07, 6.45) is 4.81. The van der Waals surface area contributed by atoms with Gasteiger partial charge < -0.3 is 11.1 Å². The van der Waals surface area contributed by atoms with Crippen LogP contribution in [0.5, 0.6) is 0 Å². The Balaban J connectivity index is 1.33. The Kier molecular flexibility index (Phi) is 4.77. The minimum absolute atomic E-state index is 0.397. The van der Waals surface area contributed by atoms with Crippen LogP contribution in [0, 0.1) is 0 Å². The van der Waals surface area contributed by atoms with Crippen molar-refractivity contribution in [2.75, 3.05) is 18.4 Å². The van der Waals surface area contributed by atoms with Gasteiger partial charge in [-0.1, -0.05) is 6.07 Å². The number of hydrogen-bond donors (Lipinski definition) is 2. The van der Waals surface area contributed by atoms with Crippen LogP contribution in [0.1, 0.15) is 34.9 Å². The summed E-state index contributed by atoms with van der Waals surface area (Å²) in [5.41, 5.74) is 11.6. The predicted molar refractivity (Wildman–Crippen MR) is 106 cm³/mol. The maximum Gasteiger partial charge on any atom is 0.193 e. The van der Waals surface area contributed by atoms with Crippen LogP contribution in [-0.4, -0.2) is 30.0 Å². The van der Waals surface area contributed by atoms with E-state index in [4.69, 9.17) is 5.73 Å². The third-order valence-corrected chi connectivity index (χ3v) is 6.38. The van der Waals surface area contributed by atoms with Gasteiger partial charge in [0.25, 0.3) is 0 Å². The number of aliphatic imine (C=N–C) groups is 1. The number of nitrogens with two attached hydrogens (primary N) is 1. The van der Waals surface area contributed by atoms with E-state index in [9.17, 15) is 0 Å². The lowest BCUT2D eigenvalue weighted by Crippen LogP contribution is -2.39. The Bertz CT molecular complexity index is 780. The van der Waals surface area contributed by atoms with Gasteiger partial charge in [0.05, 0.1) is 6.54 Å². The summed E-state index contributed by atoms with van der Waals surface area (Å²) in [6, 6.07) is 9.20. The van der Waals surface area contributed by atoms with Crippen LogP contribution in [-0.2, 0) is 25.8 Å². The average molecular weight is 355 g/mol. The number of thiophene rings is 1. The van der Waals surface area contributed by atoms with E-state index < -0.39 is 0 Å². The lowest BCUT2D eigenvalue weighted by molar-refractivity contribution is 0.197. The van der Waals surface area contributed by atoms with E-state index in [0.29, 0.717) is 12.0 Å². The first-order valence-electron chi connectivity index (χ1n) is 9.17. The van der Waals surface area contributed by atoms with Gasteiger partial charge in [-0.2, -0.15) is 0 Å². The van der Waals surface area contributed by atoms with Crippen LogP contribution in [0.25, 0.3) is 0 Å². The molecule has 3 N–H and O–H groups in total. The smallest absolute Gasteiger partial charge is 0.193 e. The van der Waals surface area contributed by atoms with Crippen molar-refractivity contribution >= 4 is 23.0 Å². The summed E-state index contributed by atoms with van der Waals surface area (Å²) in [7, 11) is 0. The molecule has 25 heavy (non-hydrogen) atoms. The summed E-state index contributed by atoms with van der Waals surface area (Å²) in [5.74, 6) is 0.512. The Morgan fingerprint density at radius 1 is 1.24 bits per heavy atom. The minimum Gasteiger partial charge on any atom is -0.370 e. The highest BCUT2D eigenvalue weighted by atomic mass is 32.1. The molecule has 132 valence electrons. The predicted octanol–water partition coefficient (Wildman–Crippen LogP) is 3.41. The van der Waals surface area contributed by atoms with Crippen molar-refractivity contribution in [3.05, 3.63) is 51.2 Å². The molecule has 2 aromatic rings. The van der Waals surface area contributed by atoms with E-state index in [1.165, 1.54) is 36.0 Å². The molecule has 2 aliphatic rings. The first kappa shape index (κ1) is 16.6. The standard InChI is InChI=1S/C20H26N4S/c1-14(24-9-7-19-17(13-24)8-10-25-19)12-22-20(21)23-18-6-5-15-3-2-4-16(15)11-18/h5-6,8,10-11,14H,2-4,7,9,12-13H2,1H3,(H3,21,22,23). The van der Waals surface area contributed by atoms with Gasteiger partial charge in [0.2, 0.25) is 0 Å². The molecule has 1 unspecified atom stereocenters. The van der Waals surface area contributed by atoms with Crippen LogP contribution in [0.15, 0.2) is 34.6 Å². The van der Waals surface area contributed by atoms with E-state index in [1.807, 2.05) is 11.3 Å². The molecule has 0 spiro atoms. The topological polar surface area (TPSA) is 53.6 Å². The Morgan fingerprint density at radius 3 is 3.04 bits per heavy atom. The Labute approximate surface area is 153 Å². The number of nitrogens with one attached hydrogen (secondary N) is 1. The van der Waals surface area contributed by atoms with Gasteiger partial charge in [0.15, 0.2) is 5.96 Å². The number of benzene rings is 1. The van der Waals surface area contributed by atoms with E-state index in [1.54, 1.807) is 4.88 Å². The Hall–Kier alpha value is -1.85. The lowest BCUT2D eigenvalue weighted by Gasteiger charge is -2.31. The number of aryl methyl sites for hydroxylation is 2. The zero-order valence-electron chi connectivity index (χ0n) is 14.8. The number of fused-ring (bicyclic) bond motifs is 2. The van der Waals surface area contributed by atoms with Crippen molar-refractivity contribution in [2.24, 2.45) is 10.7 Å². The molecule has 4 nitrogen and oxygen atoms in total. The highest BCUT2D eigenvalue weighted by Gasteiger charge is 2.21. The van der Waals surface area contributed by atoms with Crippen LogP contribution in [0.2, 0.25) is 0 Å². The van der Waals surface area contributed by atoms with Crippen molar-refractivity contribution in [1.82, 2.24) is 4.90 Å². The molecule has 4 rings (SSSR count). The third kappa shape index (κ3) is 3.72. The second kappa shape index (κ2) is 7.18. The largest absolute Gasteiger partial charge is 0.370 e. The molecule has 0 amide bonds. The van der Waals surface area contributed by atoms with Crippen LogP contribution in [0.4, 0.5) is 5.69 Å². The fourth-order valence-electron chi connectivity index (χ4n) is 3.83. The summed E-state index contributed by atoms with van der Waals surface area (Å²) in [4.78, 5) is 8.62. The van der Waals surface area contributed by atoms with Gasteiger partial charge in [0, 0.05) is 29.7 Å². The lowest BCUT2D eigenvalue weighted by atomic mass is 10.1. The maximum atomic E-state index is 6.11. The van der Waals surface area contributed by atoms with Gasteiger partial charge in [-0.25, -0.2) is 0 Å². The highest BCUT2D eigenvalue weighted by molar-refractivity contribution is 7.10. The number of anilines is 1. The van der Waals surface area contributed by atoms with Crippen molar-refractivity contribution < 1.29 is 0 Å². The van der Waals surface area contributed by atoms with Gasteiger partial charge in [-0.15, -0.1) is 11.3 Å². The van der Waals surface area contributed by atoms with Gasteiger partial charge in [-0.05, 0) is 72.9 Å². The molecule has 0 saturated heterocycles. The van der Waals surface area contributed by atoms with Gasteiger partial charge in [-0.3, -0.25) is 9.89 Å². The fraction of sp³-hybridized carbons (Fsp3) is 0.450. The van der Waals surface area contributed by atoms with Gasteiger partial charge >= 0.3 is 0 Å². The van der Waals surface area contributed by atoms with Crippen molar-refractivity contribution in [3.8, 4) is 0 Å². The molecule has 1 aromatic carbocycles. The first-order chi connectivity index (χ1) is 12.2. The van der Waals surface area contributed by atoms with Crippen molar-refractivity contribution in [2.45, 2.75) is 45.2 Å². The molecule has 0 fully saturated rings.